The van der Waals surface area contributed by atoms with Gasteiger partial charge in [0.25, 0.3) is 0 Å². The largest absolute Gasteiger partial charge is 0.496 e. The average Bonchev–Trinajstić information content (AvgIpc) is 3.01. The van der Waals surface area contributed by atoms with Crippen LogP contribution in [0.1, 0.15) is 11.1 Å². The van der Waals surface area contributed by atoms with Crippen molar-refractivity contribution in [2.75, 3.05) is 0 Å². The summed E-state index contributed by atoms with van der Waals surface area (Å²) in [6.07, 6.45) is -11.3. The minimum atomic E-state index is -6.28. The summed E-state index contributed by atoms with van der Waals surface area (Å²) in [5.74, 6) is -48.5. The first-order chi connectivity index (χ1) is 21.2. The smallest absolute Gasteiger partial charge is 0.329 e. The Morgan fingerprint density at radius 2 is 0.630 bits per heavy atom. The van der Waals surface area contributed by atoms with Crippen molar-refractivity contribution in [2.45, 2.75) is 6.18 Å². The van der Waals surface area contributed by atoms with Crippen LogP contribution in [0.15, 0.2) is 24.3 Å². The molecule has 0 heterocycles. The van der Waals surface area contributed by atoms with Crippen molar-refractivity contribution in [3.8, 4) is 6.07 Å². The molecule has 0 spiro atoms. The maximum atomic E-state index is 15.3. The molecule has 4 rings (SSSR count). The highest BCUT2D eigenvalue weighted by Crippen LogP contribution is 2.31. The van der Waals surface area contributed by atoms with E-state index in [-0.39, 0.29) is 12.1 Å². The number of hydrogen-bond donors (Lipinski definition) is 0. The van der Waals surface area contributed by atoms with Crippen LogP contribution in [0.5, 0.6) is 0 Å². The lowest BCUT2D eigenvalue weighted by Gasteiger charge is -2.29. The molecule has 0 aliphatic heterocycles. The van der Waals surface area contributed by atoms with Crippen LogP contribution in [-0.4, -0.2) is 6.28 Å². The van der Waals surface area contributed by atoms with Crippen molar-refractivity contribution in [2.24, 2.45) is 0 Å². The first kappa shape index (κ1) is 34.1. The van der Waals surface area contributed by atoms with Crippen molar-refractivity contribution in [3.63, 3.8) is 0 Å². The van der Waals surface area contributed by atoms with Gasteiger partial charge in [-0.25, -0.2) is 65.9 Å². The molecule has 46 heavy (non-hydrogen) atoms. The summed E-state index contributed by atoms with van der Waals surface area (Å²) in [7, 11) is 0. The van der Waals surface area contributed by atoms with Gasteiger partial charge in [-0.1, -0.05) is 0 Å². The monoisotopic (exact) mass is 683 g/mol. The summed E-state index contributed by atoms with van der Waals surface area (Å²) in [4.78, 5) is 0. The van der Waals surface area contributed by atoms with Crippen molar-refractivity contribution in [3.05, 3.63) is 127 Å². The molecule has 0 aliphatic rings. The summed E-state index contributed by atoms with van der Waals surface area (Å²) < 4.78 is 262. The molecule has 242 valence electrons. The molecular formula is C26H4BF18N. The van der Waals surface area contributed by atoms with E-state index in [4.69, 9.17) is 0 Å². The summed E-state index contributed by atoms with van der Waals surface area (Å²) >= 11 is 0. The third-order valence-electron chi connectivity index (χ3n) is 6.58. The quantitative estimate of drug-likeness (QED) is 0.0937. The second-order valence-electron chi connectivity index (χ2n) is 9.09. The SMILES string of the molecule is Fc1c(F)c(F)c([B-]([N+]#Cc2ccc(C(F)(F)F)cc2)(c2c(F)c(F)c(F)c(F)c2F)c2c(F)c(F)c(F)c(F)c2F)c(F)c1F. The van der Waals surface area contributed by atoms with Crippen LogP contribution in [-0.2, 0) is 6.18 Å². The Morgan fingerprint density at radius 1 is 0.391 bits per heavy atom. The van der Waals surface area contributed by atoms with Gasteiger partial charge in [0.05, 0.1) is 11.1 Å². The predicted molar refractivity (Wildman–Crippen MR) is 121 cm³/mol. The van der Waals surface area contributed by atoms with Crippen LogP contribution in [0.3, 0.4) is 0 Å². The van der Waals surface area contributed by atoms with Crippen LogP contribution >= 0.6 is 0 Å². The first-order valence-electron chi connectivity index (χ1n) is 11.6. The number of benzene rings is 4. The topological polar surface area (TPSA) is 4.36 Å². The molecule has 1 nitrogen and oxygen atoms in total. The van der Waals surface area contributed by atoms with Gasteiger partial charge < -0.3 is 4.76 Å². The Hall–Kier alpha value is -4.83. The van der Waals surface area contributed by atoms with Gasteiger partial charge in [0.1, 0.15) is 34.9 Å². The standard InChI is InChI=1S/C26H4BF18N/c28-11-8(12(29)18(35)23(40)17(11)34)27(9-13(30)19(36)24(41)20(37)14(9)31,10-15(32)21(38)25(42)22(39)16(10)33)46-5-6-1-3-7(4-2-6)26(43,44)45/h1-4H. The van der Waals surface area contributed by atoms with Gasteiger partial charge in [0.2, 0.25) is 6.07 Å². The molecule has 0 amide bonds. The van der Waals surface area contributed by atoms with Crippen molar-refractivity contribution < 1.29 is 79.0 Å². The second kappa shape index (κ2) is 11.5. The summed E-state index contributed by atoms with van der Waals surface area (Å²) in [5, 5.41) is 0. The van der Waals surface area contributed by atoms with Crippen LogP contribution in [0.4, 0.5) is 79.0 Å². The summed E-state index contributed by atoms with van der Waals surface area (Å²) in [6, 6.07) is 2.28. The van der Waals surface area contributed by atoms with Gasteiger partial charge >= 0.3 is 12.5 Å². The zero-order valence-electron chi connectivity index (χ0n) is 21.1. The number of nitrogens with zero attached hydrogens (tertiary/aromatic N) is 1. The fourth-order valence-corrected chi connectivity index (χ4v) is 4.50. The fraction of sp³-hybridized carbons (Fsp3) is 0.0385. The molecule has 0 fully saturated rings. The third-order valence-corrected chi connectivity index (χ3v) is 6.58. The van der Waals surface area contributed by atoms with E-state index >= 15 is 26.3 Å². The number of halogens is 18. The summed E-state index contributed by atoms with van der Waals surface area (Å²) in [6.45, 7) is 0. The maximum absolute atomic E-state index is 15.3. The number of hydrogen-bond acceptors (Lipinski definition) is 0. The van der Waals surface area contributed by atoms with Gasteiger partial charge in [-0.3, -0.25) is 0 Å². The molecule has 0 radical (unpaired) electrons. The van der Waals surface area contributed by atoms with Gasteiger partial charge in [0, 0.05) is 0 Å². The van der Waals surface area contributed by atoms with Crippen LogP contribution in [0.25, 0.3) is 4.76 Å². The first-order valence-corrected chi connectivity index (χ1v) is 11.6. The zero-order valence-corrected chi connectivity index (χ0v) is 21.1. The van der Waals surface area contributed by atoms with Gasteiger partial charge in [-0.05, 0) is 40.7 Å². The molecule has 4 aromatic carbocycles. The van der Waals surface area contributed by atoms with E-state index in [1.165, 1.54) is 6.07 Å². The molecule has 0 unspecified atom stereocenters. The van der Waals surface area contributed by atoms with Crippen molar-refractivity contribution in [1.82, 2.24) is 0 Å². The molecule has 20 heteroatoms. The second-order valence-corrected chi connectivity index (χ2v) is 9.09. The van der Waals surface area contributed by atoms with E-state index in [9.17, 15) is 52.7 Å². The van der Waals surface area contributed by atoms with E-state index < -0.39 is 127 Å². The molecule has 0 aliphatic carbocycles. The fourth-order valence-electron chi connectivity index (χ4n) is 4.50. The van der Waals surface area contributed by atoms with Gasteiger partial charge in [0.15, 0.2) is 52.4 Å². The zero-order chi connectivity index (χ0) is 34.8. The van der Waals surface area contributed by atoms with Crippen LogP contribution in [0.2, 0.25) is 0 Å². The van der Waals surface area contributed by atoms with Gasteiger partial charge in [-0.2, -0.15) is 13.2 Å². The van der Waals surface area contributed by atoms with E-state index in [2.05, 4.69) is 4.76 Å². The van der Waals surface area contributed by atoms with Crippen molar-refractivity contribution >= 4 is 22.7 Å². The molecule has 0 bridgehead atoms. The highest BCUT2D eigenvalue weighted by molar-refractivity contribution is 7.14. The molecular weight excluding hydrogens is 679 g/mol. The lowest BCUT2D eigenvalue weighted by Crippen LogP contribution is -2.71. The predicted octanol–water partition coefficient (Wildman–Crippen LogP) is 7.14. The minimum Gasteiger partial charge on any atom is -0.329 e. The molecule has 0 aromatic heterocycles. The molecule has 0 atom stereocenters. The highest BCUT2D eigenvalue weighted by atomic mass is 19.4. The van der Waals surface area contributed by atoms with E-state index in [1.54, 1.807) is 0 Å². The minimum absolute atomic E-state index is 0.168. The highest BCUT2D eigenvalue weighted by Gasteiger charge is 2.59. The lowest BCUT2D eigenvalue weighted by atomic mass is 9.24. The van der Waals surface area contributed by atoms with Crippen LogP contribution in [0, 0.1) is 93.3 Å². The molecule has 4 aromatic rings. The Morgan fingerprint density at radius 3 is 0.870 bits per heavy atom. The average molecular weight is 683 g/mol. The Bertz CT molecular complexity index is 1740. The number of rotatable bonds is 3. The lowest BCUT2D eigenvalue weighted by molar-refractivity contribution is -0.137. The Balaban J connectivity index is 2.43. The third kappa shape index (κ3) is 4.97. The molecule has 0 saturated carbocycles. The maximum Gasteiger partial charge on any atom is 0.496 e. The number of alkyl halides is 3. The van der Waals surface area contributed by atoms with Crippen molar-refractivity contribution in [1.29, 1.82) is 0 Å². The summed E-state index contributed by atoms with van der Waals surface area (Å²) in [5.41, 5.74) is -11.5. The van der Waals surface area contributed by atoms with E-state index in [0.29, 0.717) is 12.1 Å². The van der Waals surface area contributed by atoms with Crippen LogP contribution < -0.4 is 16.4 Å². The molecule has 0 saturated heterocycles. The normalized spacial score (nSPS) is 12.0. The molecule has 0 N–H and O–H groups in total. The van der Waals surface area contributed by atoms with Gasteiger partial charge in [-0.15, -0.1) is 0 Å². The Kier molecular flexibility index (Phi) is 8.52. The van der Waals surface area contributed by atoms with E-state index in [1.807, 2.05) is 0 Å². The Labute approximate surface area is 242 Å². The van der Waals surface area contributed by atoms with E-state index in [0.717, 1.165) is 0 Å².